The first-order valence-corrected chi connectivity index (χ1v) is 11.4. The van der Waals surface area contributed by atoms with E-state index in [1.807, 2.05) is 6.92 Å². The van der Waals surface area contributed by atoms with Gasteiger partial charge < -0.3 is 13.9 Å². The van der Waals surface area contributed by atoms with E-state index in [0.29, 0.717) is 46.5 Å². The second-order valence-electron chi connectivity index (χ2n) is 7.82. The lowest BCUT2D eigenvalue weighted by Gasteiger charge is -2.25. The quantitative estimate of drug-likeness (QED) is 0.317. The van der Waals surface area contributed by atoms with Gasteiger partial charge in [-0.15, -0.1) is 0 Å². The molecule has 0 radical (unpaired) electrons. The van der Waals surface area contributed by atoms with Crippen molar-refractivity contribution in [2.45, 2.75) is 13.0 Å². The van der Waals surface area contributed by atoms with Crippen LogP contribution in [0.3, 0.4) is 0 Å². The minimum Gasteiger partial charge on any atom is -0.490 e. The van der Waals surface area contributed by atoms with Gasteiger partial charge >= 0.3 is 0 Å². The Labute approximate surface area is 206 Å². The fourth-order valence-electron chi connectivity index (χ4n) is 4.22. The average molecular weight is 489 g/mol. The second-order valence-corrected chi connectivity index (χ2v) is 8.26. The van der Waals surface area contributed by atoms with Gasteiger partial charge in [0.1, 0.15) is 18.0 Å². The molecule has 1 amide bonds. The molecule has 1 unspecified atom stereocenters. The maximum atomic E-state index is 13.7. The molecule has 0 N–H and O–H groups in total. The zero-order valence-electron chi connectivity index (χ0n) is 18.9. The molecule has 0 aliphatic carbocycles. The second kappa shape index (κ2) is 9.27. The molecule has 5 rings (SSSR count). The van der Waals surface area contributed by atoms with Crippen LogP contribution in [0.15, 0.2) is 82.7 Å². The number of anilines is 1. The molecule has 0 fully saturated rings. The highest BCUT2D eigenvalue weighted by Crippen LogP contribution is 2.42. The Morgan fingerprint density at radius 1 is 1.11 bits per heavy atom. The van der Waals surface area contributed by atoms with E-state index in [0.717, 1.165) is 0 Å². The smallest absolute Gasteiger partial charge is 0.296 e. The van der Waals surface area contributed by atoms with Gasteiger partial charge in [-0.05, 0) is 55.0 Å². The maximum Gasteiger partial charge on any atom is 0.296 e. The first-order valence-electron chi connectivity index (χ1n) is 11.0. The van der Waals surface area contributed by atoms with E-state index in [1.165, 1.54) is 4.90 Å². The number of halogens is 1. The van der Waals surface area contributed by atoms with Gasteiger partial charge in [0.2, 0.25) is 5.76 Å². The van der Waals surface area contributed by atoms with Crippen molar-refractivity contribution in [1.29, 1.82) is 0 Å². The van der Waals surface area contributed by atoms with Crippen LogP contribution in [0.5, 0.6) is 11.5 Å². The highest BCUT2D eigenvalue weighted by molar-refractivity contribution is 6.31. The third-order valence-corrected chi connectivity index (χ3v) is 5.90. The van der Waals surface area contributed by atoms with Gasteiger partial charge in [-0.1, -0.05) is 36.4 Å². The van der Waals surface area contributed by atoms with Gasteiger partial charge in [0.05, 0.1) is 23.6 Å². The summed E-state index contributed by atoms with van der Waals surface area (Å²) in [6.07, 6.45) is 3.23. The minimum atomic E-state index is -0.792. The number of carbonyl (C=O) groups is 1. The van der Waals surface area contributed by atoms with Crippen LogP contribution in [-0.4, -0.2) is 24.1 Å². The summed E-state index contributed by atoms with van der Waals surface area (Å²) in [5, 5.41) is 0.697. The SMILES string of the molecule is C=CCOc1ccc(C2c3c(oc4ccc(Cl)cc4c3=O)C(=O)N2c2ccccn2)cc1OCC. The van der Waals surface area contributed by atoms with Gasteiger partial charge in [-0.3, -0.25) is 14.5 Å². The van der Waals surface area contributed by atoms with Gasteiger partial charge in [0.25, 0.3) is 5.91 Å². The Morgan fingerprint density at radius 2 is 1.97 bits per heavy atom. The van der Waals surface area contributed by atoms with E-state index in [1.54, 1.807) is 66.9 Å². The Bertz CT molecular complexity index is 1500. The topological polar surface area (TPSA) is 81.9 Å². The molecular formula is C27H21ClN2O5. The van der Waals surface area contributed by atoms with Crippen LogP contribution in [0.1, 0.15) is 34.6 Å². The molecule has 8 heteroatoms. The molecule has 0 saturated heterocycles. The molecule has 0 spiro atoms. The molecule has 4 aromatic rings. The highest BCUT2D eigenvalue weighted by Gasteiger charge is 2.44. The Balaban J connectivity index is 1.75. The Hall–Kier alpha value is -4.10. The Kier molecular flexibility index (Phi) is 6.01. The summed E-state index contributed by atoms with van der Waals surface area (Å²) in [4.78, 5) is 33.2. The fourth-order valence-corrected chi connectivity index (χ4v) is 4.40. The van der Waals surface area contributed by atoms with E-state index in [4.69, 9.17) is 25.5 Å². The number of hydrogen-bond acceptors (Lipinski definition) is 6. The van der Waals surface area contributed by atoms with Crippen molar-refractivity contribution in [2.24, 2.45) is 0 Å². The predicted octanol–water partition coefficient (Wildman–Crippen LogP) is 5.55. The van der Waals surface area contributed by atoms with Crippen LogP contribution in [-0.2, 0) is 0 Å². The molecule has 176 valence electrons. The highest BCUT2D eigenvalue weighted by atomic mass is 35.5. The predicted molar refractivity (Wildman–Crippen MR) is 134 cm³/mol. The lowest BCUT2D eigenvalue weighted by molar-refractivity contribution is 0.0970. The first-order chi connectivity index (χ1) is 17.0. The van der Waals surface area contributed by atoms with E-state index < -0.39 is 11.9 Å². The third kappa shape index (κ3) is 3.94. The number of carbonyl (C=O) groups excluding carboxylic acids is 1. The number of fused-ring (bicyclic) bond motifs is 2. The van der Waals surface area contributed by atoms with Crippen molar-refractivity contribution in [3.63, 3.8) is 0 Å². The molecule has 2 aromatic carbocycles. The van der Waals surface area contributed by atoms with Gasteiger partial charge in [0.15, 0.2) is 16.9 Å². The number of ether oxygens (including phenoxy) is 2. The van der Waals surface area contributed by atoms with Gasteiger partial charge in [-0.2, -0.15) is 0 Å². The maximum absolute atomic E-state index is 13.7. The van der Waals surface area contributed by atoms with Crippen LogP contribution < -0.4 is 19.8 Å². The number of nitrogens with zero attached hydrogens (tertiary/aromatic N) is 2. The fraction of sp³-hybridized carbons (Fsp3) is 0.148. The number of rotatable bonds is 7. The summed E-state index contributed by atoms with van der Waals surface area (Å²) in [6, 6.07) is 14.5. The minimum absolute atomic E-state index is 0.0228. The van der Waals surface area contributed by atoms with Crippen molar-refractivity contribution >= 4 is 34.3 Å². The van der Waals surface area contributed by atoms with Crippen molar-refractivity contribution in [1.82, 2.24) is 4.98 Å². The zero-order valence-corrected chi connectivity index (χ0v) is 19.6. The number of aromatic nitrogens is 1. The summed E-state index contributed by atoms with van der Waals surface area (Å²) >= 11 is 6.16. The molecule has 35 heavy (non-hydrogen) atoms. The van der Waals surface area contributed by atoms with Crippen LogP contribution in [0.2, 0.25) is 5.02 Å². The summed E-state index contributed by atoms with van der Waals surface area (Å²) in [7, 11) is 0. The van der Waals surface area contributed by atoms with Crippen LogP contribution >= 0.6 is 11.6 Å². The van der Waals surface area contributed by atoms with Gasteiger partial charge in [-0.25, -0.2) is 4.98 Å². The lowest BCUT2D eigenvalue weighted by atomic mass is 9.98. The summed E-state index contributed by atoms with van der Waals surface area (Å²) in [5.74, 6) is 0.928. The summed E-state index contributed by atoms with van der Waals surface area (Å²) in [6.45, 7) is 6.25. The standard InChI is InChI=1S/C27H21ClN2O5/c1-3-13-34-20-10-8-16(14-21(20)33-4-2)24-23-25(31)18-15-17(28)9-11-19(18)35-26(23)27(32)30(24)22-7-5-6-12-29-22/h3,5-12,14-15,24H,1,4,13H2,2H3. The third-order valence-electron chi connectivity index (χ3n) is 5.67. The number of pyridine rings is 1. The number of amides is 1. The number of hydrogen-bond donors (Lipinski definition) is 0. The van der Waals surface area contributed by atoms with Crippen molar-refractivity contribution in [2.75, 3.05) is 18.1 Å². The Morgan fingerprint density at radius 3 is 2.71 bits per heavy atom. The molecular weight excluding hydrogens is 468 g/mol. The monoisotopic (exact) mass is 488 g/mol. The molecule has 2 aromatic heterocycles. The molecule has 7 nitrogen and oxygen atoms in total. The summed E-state index contributed by atoms with van der Waals surface area (Å²) < 4.78 is 17.5. The zero-order chi connectivity index (χ0) is 24.5. The molecule has 1 aliphatic rings. The molecule has 1 aliphatic heterocycles. The van der Waals surface area contributed by atoms with Crippen LogP contribution in [0, 0.1) is 0 Å². The molecule has 0 saturated carbocycles. The lowest BCUT2D eigenvalue weighted by Crippen LogP contribution is -2.30. The number of benzene rings is 2. The molecule has 1 atom stereocenters. The normalized spacial score (nSPS) is 14.7. The first kappa shape index (κ1) is 22.7. The van der Waals surface area contributed by atoms with E-state index >= 15 is 0 Å². The van der Waals surface area contributed by atoms with Crippen molar-refractivity contribution in [3.05, 3.63) is 106 Å². The van der Waals surface area contributed by atoms with Crippen molar-refractivity contribution < 1.29 is 18.7 Å². The van der Waals surface area contributed by atoms with E-state index in [-0.39, 0.29) is 22.3 Å². The van der Waals surface area contributed by atoms with Gasteiger partial charge in [0, 0.05) is 11.2 Å². The molecule has 0 bridgehead atoms. The van der Waals surface area contributed by atoms with E-state index in [9.17, 15) is 9.59 Å². The molecule has 3 heterocycles. The van der Waals surface area contributed by atoms with E-state index in [2.05, 4.69) is 11.6 Å². The average Bonchev–Trinajstić information content (AvgIpc) is 3.17. The van der Waals surface area contributed by atoms with Crippen LogP contribution in [0.4, 0.5) is 5.82 Å². The largest absolute Gasteiger partial charge is 0.490 e. The van der Waals surface area contributed by atoms with Crippen LogP contribution in [0.25, 0.3) is 11.0 Å². The summed E-state index contributed by atoms with van der Waals surface area (Å²) in [5.41, 5.74) is 0.824. The van der Waals surface area contributed by atoms with Crippen molar-refractivity contribution in [3.8, 4) is 11.5 Å².